The van der Waals surface area contributed by atoms with E-state index in [1.807, 2.05) is 4.90 Å². The highest BCUT2D eigenvalue weighted by Gasteiger charge is 2.31. The largest absolute Gasteiger partial charge is 0.353 e. The molecule has 2 fully saturated rings. The molecule has 3 aromatic rings. The van der Waals surface area contributed by atoms with Gasteiger partial charge in [-0.05, 0) is 37.8 Å². The minimum atomic E-state index is -0.822. The highest BCUT2D eigenvalue weighted by Crippen LogP contribution is 2.30. The van der Waals surface area contributed by atoms with Gasteiger partial charge in [-0.25, -0.2) is 13.8 Å². The molecule has 178 valence electrons. The zero-order chi connectivity index (χ0) is 23.8. The molecule has 0 spiro atoms. The number of thiazole rings is 1. The van der Waals surface area contributed by atoms with E-state index in [0.29, 0.717) is 28.5 Å². The molecule has 1 aliphatic heterocycles. The van der Waals surface area contributed by atoms with Crippen molar-refractivity contribution in [2.45, 2.75) is 38.3 Å². The summed E-state index contributed by atoms with van der Waals surface area (Å²) in [4.78, 5) is 48.4. The summed E-state index contributed by atoms with van der Waals surface area (Å²) in [6.07, 6.45) is 4.96. The number of amides is 2. The van der Waals surface area contributed by atoms with Crippen molar-refractivity contribution >= 4 is 44.3 Å². The van der Waals surface area contributed by atoms with E-state index in [0.717, 1.165) is 48.9 Å². The van der Waals surface area contributed by atoms with E-state index in [-0.39, 0.29) is 29.7 Å². The fourth-order valence-corrected chi connectivity index (χ4v) is 4.98. The standard InChI is InChI=1S/C22H22F2N6O3S/c23-13-6-14(24)8-16(7-13)26-17(31)10-30-11-25-19-18(21(30)33)34-22(28-19)29-5-1-2-12(9-29)20(32)27-15-3-4-15/h6-8,11-12,15H,1-5,9-10H2,(H,26,31)(H,27,32). The third-order valence-corrected chi connectivity index (χ3v) is 6.91. The normalized spacial score (nSPS) is 18.2. The van der Waals surface area contributed by atoms with Gasteiger partial charge in [0.05, 0.1) is 5.92 Å². The van der Waals surface area contributed by atoms with Gasteiger partial charge in [0.1, 0.15) is 29.2 Å². The number of carbonyl (C=O) groups is 2. The van der Waals surface area contributed by atoms with E-state index < -0.39 is 23.1 Å². The van der Waals surface area contributed by atoms with Crippen molar-refractivity contribution in [2.75, 3.05) is 23.3 Å². The Hall–Kier alpha value is -3.41. The van der Waals surface area contributed by atoms with Crippen LogP contribution in [0.3, 0.4) is 0 Å². The van der Waals surface area contributed by atoms with Crippen LogP contribution in [0.25, 0.3) is 10.3 Å². The van der Waals surface area contributed by atoms with Crippen LogP contribution in [0, 0.1) is 17.6 Å². The number of hydrogen-bond acceptors (Lipinski definition) is 7. The lowest BCUT2D eigenvalue weighted by Gasteiger charge is -2.31. The second kappa shape index (κ2) is 9.09. The molecule has 0 bridgehead atoms. The van der Waals surface area contributed by atoms with Crippen LogP contribution in [-0.2, 0) is 16.1 Å². The van der Waals surface area contributed by atoms with Gasteiger partial charge >= 0.3 is 0 Å². The van der Waals surface area contributed by atoms with Crippen LogP contribution >= 0.6 is 11.3 Å². The third-order valence-electron chi connectivity index (χ3n) is 5.82. The van der Waals surface area contributed by atoms with Crippen LogP contribution in [0.2, 0.25) is 0 Å². The Bertz CT molecular complexity index is 1300. The molecule has 3 heterocycles. The summed E-state index contributed by atoms with van der Waals surface area (Å²) < 4.78 is 28.1. The zero-order valence-corrected chi connectivity index (χ0v) is 18.9. The lowest BCUT2D eigenvalue weighted by Crippen LogP contribution is -2.43. The predicted molar refractivity (Wildman–Crippen MR) is 123 cm³/mol. The van der Waals surface area contributed by atoms with E-state index in [2.05, 4.69) is 20.6 Å². The van der Waals surface area contributed by atoms with Gasteiger partial charge in [0.2, 0.25) is 11.8 Å². The molecule has 1 unspecified atom stereocenters. The number of anilines is 2. The molecule has 0 radical (unpaired) electrons. The van der Waals surface area contributed by atoms with Gasteiger partial charge < -0.3 is 15.5 Å². The number of carbonyl (C=O) groups excluding carboxylic acids is 2. The summed E-state index contributed by atoms with van der Waals surface area (Å²) in [7, 11) is 0. The maximum atomic E-state index is 13.3. The number of hydrogen-bond donors (Lipinski definition) is 2. The lowest BCUT2D eigenvalue weighted by molar-refractivity contribution is -0.125. The van der Waals surface area contributed by atoms with Gasteiger partial charge in [-0.2, -0.15) is 4.98 Å². The number of fused-ring (bicyclic) bond motifs is 1. The van der Waals surface area contributed by atoms with E-state index in [4.69, 9.17) is 0 Å². The average molecular weight is 489 g/mol. The molecular formula is C22H22F2N6O3S. The molecule has 2 aliphatic rings. The molecule has 34 heavy (non-hydrogen) atoms. The highest BCUT2D eigenvalue weighted by molar-refractivity contribution is 7.22. The van der Waals surface area contributed by atoms with E-state index in [1.165, 1.54) is 17.7 Å². The van der Waals surface area contributed by atoms with Crippen molar-refractivity contribution in [2.24, 2.45) is 5.92 Å². The first-order valence-electron chi connectivity index (χ1n) is 11.0. The Kier molecular flexibility index (Phi) is 5.98. The van der Waals surface area contributed by atoms with Gasteiger partial charge in [0.25, 0.3) is 5.56 Å². The summed E-state index contributed by atoms with van der Waals surface area (Å²) >= 11 is 1.18. The quantitative estimate of drug-likeness (QED) is 0.551. The second-order valence-corrected chi connectivity index (χ2v) is 9.58. The Morgan fingerprint density at radius 1 is 1.15 bits per heavy atom. The minimum absolute atomic E-state index is 0.0463. The monoisotopic (exact) mass is 488 g/mol. The smallest absolute Gasteiger partial charge is 0.273 e. The van der Waals surface area contributed by atoms with Gasteiger partial charge in [-0.3, -0.25) is 19.0 Å². The number of rotatable bonds is 6. The topological polar surface area (TPSA) is 109 Å². The molecule has 2 amide bonds. The summed E-state index contributed by atoms with van der Waals surface area (Å²) in [6.45, 7) is 0.882. The zero-order valence-electron chi connectivity index (χ0n) is 18.1. The van der Waals surface area contributed by atoms with Crippen molar-refractivity contribution in [3.05, 3.63) is 46.5 Å². The van der Waals surface area contributed by atoms with Crippen molar-refractivity contribution in [1.29, 1.82) is 0 Å². The van der Waals surface area contributed by atoms with Crippen LogP contribution in [0.5, 0.6) is 0 Å². The van der Waals surface area contributed by atoms with Gasteiger partial charge in [-0.15, -0.1) is 0 Å². The fraction of sp³-hybridized carbons (Fsp3) is 0.409. The molecule has 1 atom stereocenters. The summed E-state index contributed by atoms with van der Waals surface area (Å²) in [6, 6.07) is 2.98. The first kappa shape index (κ1) is 22.4. The van der Waals surface area contributed by atoms with Crippen molar-refractivity contribution < 1.29 is 18.4 Å². The molecule has 2 aromatic heterocycles. The molecule has 5 rings (SSSR count). The number of halogens is 2. The van der Waals surface area contributed by atoms with Crippen molar-refractivity contribution in [3.63, 3.8) is 0 Å². The Labute approximate surface area is 196 Å². The summed E-state index contributed by atoms with van der Waals surface area (Å²) in [5.41, 5.74) is -0.206. The number of benzene rings is 1. The Morgan fingerprint density at radius 2 is 1.91 bits per heavy atom. The second-order valence-electron chi connectivity index (χ2n) is 8.60. The first-order chi connectivity index (χ1) is 16.4. The lowest BCUT2D eigenvalue weighted by atomic mass is 9.97. The van der Waals surface area contributed by atoms with Crippen LogP contribution in [0.4, 0.5) is 19.6 Å². The van der Waals surface area contributed by atoms with Crippen LogP contribution < -0.4 is 21.1 Å². The number of piperidine rings is 1. The van der Waals surface area contributed by atoms with Gasteiger partial charge in [-0.1, -0.05) is 11.3 Å². The van der Waals surface area contributed by atoms with E-state index in [1.54, 1.807) is 0 Å². The van der Waals surface area contributed by atoms with Crippen LogP contribution in [0.15, 0.2) is 29.3 Å². The van der Waals surface area contributed by atoms with Gasteiger partial charge in [0.15, 0.2) is 10.8 Å². The predicted octanol–water partition coefficient (Wildman–Crippen LogP) is 2.26. The van der Waals surface area contributed by atoms with Crippen molar-refractivity contribution in [3.8, 4) is 0 Å². The molecule has 12 heteroatoms. The molecule has 1 aromatic carbocycles. The van der Waals surface area contributed by atoms with E-state index >= 15 is 0 Å². The number of aromatic nitrogens is 3. The maximum Gasteiger partial charge on any atom is 0.273 e. The molecule has 2 N–H and O–H groups in total. The van der Waals surface area contributed by atoms with Crippen molar-refractivity contribution in [1.82, 2.24) is 19.9 Å². The molecule has 9 nitrogen and oxygen atoms in total. The fourth-order valence-electron chi connectivity index (χ4n) is 3.98. The minimum Gasteiger partial charge on any atom is -0.353 e. The SMILES string of the molecule is O=C(Cn1cnc2nc(N3CCCC(C(=O)NC4CC4)C3)sc2c1=O)Nc1cc(F)cc(F)c1. The first-order valence-corrected chi connectivity index (χ1v) is 11.8. The summed E-state index contributed by atoms with van der Waals surface area (Å²) in [5, 5.41) is 6.04. The third kappa shape index (κ3) is 4.91. The molecule has 1 aliphatic carbocycles. The molecular weight excluding hydrogens is 466 g/mol. The highest BCUT2D eigenvalue weighted by atomic mass is 32.1. The Balaban J connectivity index is 1.30. The Morgan fingerprint density at radius 3 is 2.65 bits per heavy atom. The summed E-state index contributed by atoms with van der Waals surface area (Å²) in [5.74, 6) is -2.32. The van der Waals surface area contributed by atoms with E-state index in [9.17, 15) is 23.2 Å². The number of nitrogens with zero attached hydrogens (tertiary/aromatic N) is 4. The average Bonchev–Trinajstić information content (AvgIpc) is 3.49. The van der Waals surface area contributed by atoms with Gasteiger partial charge in [0, 0.05) is 30.9 Å². The van der Waals surface area contributed by atoms with Crippen LogP contribution in [0.1, 0.15) is 25.7 Å². The number of nitrogens with one attached hydrogen (secondary N) is 2. The molecule has 1 saturated heterocycles. The van der Waals surface area contributed by atoms with Crippen LogP contribution in [-0.4, -0.2) is 45.5 Å². The maximum absolute atomic E-state index is 13.3. The molecule has 1 saturated carbocycles.